The summed E-state index contributed by atoms with van der Waals surface area (Å²) in [5, 5.41) is 9.83. The Balaban J connectivity index is 1.54. The number of fused-ring (bicyclic) bond motifs is 1. The quantitative estimate of drug-likeness (QED) is 0.227. The number of hydrogen-bond acceptors (Lipinski definition) is 4. The molecule has 0 unspecified atom stereocenters. The van der Waals surface area contributed by atoms with E-state index in [1.54, 1.807) is 31.4 Å². The molecule has 0 amide bonds. The molecule has 2 aromatic heterocycles. The van der Waals surface area contributed by atoms with Gasteiger partial charge in [0.1, 0.15) is 6.73 Å². The van der Waals surface area contributed by atoms with Crippen molar-refractivity contribution in [3.8, 4) is 17.3 Å². The van der Waals surface area contributed by atoms with Crippen molar-refractivity contribution in [1.29, 1.82) is 5.26 Å². The predicted molar refractivity (Wildman–Crippen MR) is 154 cm³/mol. The molecule has 0 bridgehead atoms. The number of aromatic nitrogens is 3. The van der Waals surface area contributed by atoms with Crippen LogP contribution in [0.4, 0.5) is 0 Å². The van der Waals surface area contributed by atoms with Gasteiger partial charge >= 0.3 is 5.69 Å². The molecule has 0 fully saturated rings. The molecule has 3 rings (SSSR count). The first kappa shape index (κ1) is 29.4. The van der Waals surface area contributed by atoms with Gasteiger partial charge in [-0.2, -0.15) is 5.26 Å². The van der Waals surface area contributed by atoms with Crippen LogP contribution < -0.4 is 11.2 Å². The first-order chi connectivity index (χ1) is 18.1. The molecule has 0 aliphatic carbocycles. The van der Waals surface area contributed by atoms with Crippen LogP contribution in [0.5, 0.6) is 0 Å². The zero-order valence-electron chi connectivity index (χ0n) is 23.9. The third-order valence-electron chi connectivity index (χ3n) is 7.22. The van der Waals surface area contributed by atoms with Crippen molar-refractivity contribution in [3.05, 3.63) is 56.9 Å². The molecule has 7 heteroatoms. The first-order valence-corrected chi connectivity index (χ1v) is 14.0. The minimum Gasteiger partial charge on any atom is -0.361 e. The SMILES string of the molecule is Cn1c(=O)c2c(-c3cccc(C#N)c3)n(COCCCCCCCCCCCC(C)(C)C)cc2n(C)c1=O. The smallest absolute Gasteiger partial charge is 0.330 e. The fraction of sp³-hybridized carbons (Fsp3) is 0.581. The summed E-state index contributed by atoms with van der Waals surface area (Å²) in [5.41, 5.74) is 2.20. The number of aryl methyl sites for hydroxylation is 1. The number of hydrogen-bond donors (Lipinski definition) is 0. The molecule has 0 atom stereocenters. The third kappa shape index (κ3) is 7.70. The maximum absolute atomic E-state index is 13.1. The molecule has 3 aromatic rings. The summed E-state index contributed by atoms with van der Waals surface area (Å²) in [6.45, 7) is 7.85. The van der Waals surface area contributed by atoms with Gasteiger partial charge in [0.25, 0.3) is 5.56 Å². The van der Waals surface area contributed by atoms with Crippen molar-refractivity contribution in [1.82, 2.24) is 13.7 Å². The van der Waals surface area contributed by atoms with Crippen LogP contribution in [0.3, 0.4) is 0 Å². The fourth-order valence-electron chi connectivity index (χ4n) is 5.00. The monoisotopic (exact) mass is 520 g/mol. The highest BCUT2D eigenvalue weighted by atomic mass is 16.5. The molecular formula is C31H44N4O3. The van der Waals surface area contributed by atoms with Gasteiger partial charge in [-0.25, -0.2) is 4.79 Å². The van der Waals surface area contributed by atoms with Crippen molar-refractivity contribution in [2.75, 3.05) is 6.61 Å². The Hall–Kier alpha value is -3.11. The van der Waals surface area contributed by atoms with Gasteiger partial charge in [0.2, 0.25) is 0 Å². The van der Waals surface area contributed by atoms with Crippen molar-refractivity contribution < 1.29 is 4.74 Å². The normalized spacial score (nSPS) is 11.8. The molecule has 0 radical (unpaired) electrons. The molecule has 0 aliphatic rings. The van der Waals surface area contributed by atoms with E-state index in [1.807, 2.05) is 10.6 Å². The Kier molecular flexibility index (Phi) is 10.6. The van der Waals surface area contributed by atoms with E-state index < -0.39 is 0 Å². The van der Waals surface area contributed by atoms with Crippen molar-refractivity contribution in [2.24, 2.45) is 19.5 Å². The Labute approximate surface area is 226 Å². The topological polar surface area (TPSA) is 81.9 Å². The Morgan fingerprint density at radius 1 is 0.895 bits per heavy atom. The van der Waals surface area contributed by atoms with Crippen LogP contribution in [0, 0.1) is 16.7 Å². The first-order valence-electron chi connectivity index (χ1n) is 14.0. The van der Waals surface area contributed by atoms with E-state index in [2.05, 4.69) is 26.8 Å². The van der Waals surface area contributed by atoms with E-state index >= 15 is 0 Å². The molecule has 0 saturated heterocycles. The molecule has 0 N–H and O–H groups in total. The van der Waals surface area contributed by atoms with E-state index in [1.165, 1.54) is 63.0 Å². The Bertz CT molecular complexity index is 1370. The Morgan fingerprint density at radius 3 is 2.16 bits per heavy atom. The molecule has 7 nitrogen and oxygen atoms in total. The van der Waals surface area contributed by atoms with Gasteiger partial charge in [-0.3, -0.25) is 13.9 Å². The van der Waals surface area contributed by atoms with Crippen LogP contribution in [-0.4, -0.2) is 20.3 Å². The highest BCUT2D eigenvalue weighted by Gasteiger charge is 2.19. The maximum Gasteiger partial charge on any atom is 0.330 e. The fourth-order valence-corrected chi connectivity index (χ4v) is 5.00. The summed E-state index contributed by atoms with van der Waals surface area (Å²) in [6, 6.07) is 9.34. The van der Waals surface area contributed by atoms with E-state index in [9.17, 15) is 14.9 Å². The zero-order valence-corrected chi connectivity index (χ0v) is 23.9. The van der Waals surface area contributed by atoms with Gasteiger partial charge < -0.3 is 9.30 Å². The van der Waals surface area contributed by atoms with Gasteiger partial charge in [0.05, 0.1) is 28.2 Å². The molecule has 0 saturated carbocycles. The number of ether oxygens (including phenoxy) is 1. The van der Waals surface area contributed by atoms with E-state index in [0.717, 1.165) is 23.0 Å². The molecule has 2 heterocycles. The summed E-state index contributed by atoms with van der Waals surface area (Å²) in [4.78, 5) is 25.6. The van der Waals surface area contributed by atoms with Crippen molar-refractivity contribution in [2.45, 2.75) is 91.7 Å². The average Bonchev–Trinajstić information content (AvgIpc) is 3.28. The summed E-state index contributed by atoms with van der Waals surface area (Å²) in [5.74, 6) is 0. The lowest BCUT2D eigenvalue weighted by molar-refractivity contribution is 0.0752. The van der Waals surface area contributed by atoms with E-state index in [0.29, 0.717) is 34.2 Å². The summed E-state index contributed by atoms with van der Waals surface area (Å²) in [6.07, 6.45) is 14.4. The molecule has 1 aromatic carbocycles. The van der Waals surface area contributed by atoms with Crippen LogP contribution in [0.15, 0.2) is 40.1 Å². The second-order valence-corrected chi connectivity index (χ2v) is 11.6. The Morgan fingerprint density at radius 2 is 1.53 bits per heavy atom. The summed E-state index contributed by atoms with van der Waals surface area (Å²) < 4.78 is 10.5. The molecule has 0 spiro atoms. The van der Waals surface area contributed by atoms with Gasteiger partial charge in [0, 0.05) is 32.5 Å². The molecule has 38 heavy (non-hydrogen) atoms. The van der Waals surface area contributed by atoms with Crippen molar-refractivity contribution in [3.63, 3.8) is 0 Å². The lowest BCUT2D eigenvalue weighted by atomic mass is 9.89. The lowest BCUT2D eigenvalue weighted by Gasteiger charge is -2.17. The largest absolute Gasteiger partial charge is 0.361 e. The number of nitriles is 1. The van der Waals surface area contributed by atoms with Gasteiger partial charge in [0.15, 0.2) is 0 Å². The minimum atomic E-state index is -0.372. The van der Waals surface area contributed by atoms with Crippen LogP contribution in [0.25, 0.3) is 22.2 Å². The van der Waals surface area contributed by atoms with Crippen LogP contribution in [0.2, 0.25) is 0 Å². The van der Waals surface area contributed by atoms with Crippen molar-refractivity contribution >= 4 is 10.9 Å². The van der Waals surface area contributed by atoms with Crippen LogP contribution in [-0.2, 0) is 25.6 Å². The predicted octanol–water partition coefficient (Wildman–Crippen LogP) is 6.50. The second kappa shape index (κ2) is 13.6. The minimum absolute atomic E-state index is 0.271. The van der Waals surface area contributed by atoms with Crippen LogP contribution >= 0.6 is 0 Å². The number of rotatable bonds is 14. The molecule has 206 valence electrons. The highest BCUT2D eigenvalue weighted by molar-refractivity contribution is 5.93. The number of nitrogens with zero attached hydrogens (tertiary/aromatic N) is 4. The molecular weight excluding hydrogens is 476 g/mol. The third-order valence-corrected chi connectivity index (χ3v) is 7.22. The van der Waals surface area contributed by atoms with E-state index in [-0.39, 0.29) is 18.0 Å². The van der Waals surface area contributed by atoms with E-state index in [4.69, 9.17) is 4.74 Å². The number of benzene rings is 1. The second-order valence-electron chi connectivity index (χ2n) is 11.6. The standard InChI is InChI=1S/C31H44N4O3/c1-31(2,3)18-13-11-9-7-6-8-10-12-14-19-38-23-35-22-26-27(29(36)34(5)30(37)33(26)4)28(35)25-17-15-16-24(20-25)21-32/h15-17,20,22H,6-14,18-19,23H2,1-5H3. The lowest BCUT2D eigenvalue weighted by Crippen LogP contribution is -2.36. The van der Waals surface area contributed by atoms with Crippen LogP contribution in [0.1, 0.15) is 90.5 Å². The maximum atomic E-state index is 13.1. The average molecular weight is 521 g/mol. The highest BCUT2D eigenvalue weighted by Crippen LogP contribution is 2.29. The summed E-state index contributed by atoms with van der Waals surface area (Å²) >= 11 is 0. The van der Waals surface area contributed by atoms with Gasteiger partial charge in [-0.05, 0) is 30.4 Å². The summed E-state index contributed by atoms with van der Waals surface area (Å²) in [7, 11) is 3.15. The zero-order chi connectivity index (χ0) is 27.7. The van der Waals surface area contributed by atoms with Gasteiger partial charge in [-0.15, -0.1) is 0 Å². The number of unbranched alkanes of at least 4 members (excludes halogenated alkanes) is 8. The van der Waals surface area contributed by atoms with Gasteiger partial charge in [-0.1, -0.05) is 84.3 Å². The molecule has 0 aliphatic heterocycles.